The Morgan fingerprint density at radius 1 is 1.13 bits per heavy atom. The van der Waals surface area contributed by atoms with Crippen LogP contribution in [-0.2, 0) is 33.4 Å². The van der Waals surface area contributed by atoms with Crippen LogP contribution >= 0.6 is 0 Å². The highest BCUT2D eigenvalue weighted by Gasteiger charge is 2.55. The third-order valence-corrected chi connectivity index (χ3v) is 6.28. The smallest absolute Gasteiger partial charge is 0.479 e. The first kappa shape index (κ1) is 29.1. The normalized spacial score (nSPS) is 16.0. The number of aliphatic hydroxyl groups is 1. The van der Waals surface area contributed by atoms with Gasteiger partial charge in [-0.05, 0) is 26.2 Å². The van der Waals surface area contributed by atoms with Crippen LogP contribution < -0.4 is 5.32 Å². The van der Waals surface area contributed by atoms with E-state index in [1.165, 1.54) is 20.8 Å². The minimum absolute atomic E-state index is 0.0422. The summed E-state index contributed by atoms with van der Waals surface area (Å²) in [7, 11) is -4.24. The zero-order valence-corrected chi connectivity index (χ0v) is 19.8. The largest absolute Gasteiger partial charge is 0.508 e. The molecule has 0 spiro atoms. The summed E-state index contributed by atoms with van der Waals surface area (Å²) < 4.78 is 40.5. The van der Waals surface area contributed by atoms with Crippen molar-refractivity contribution in [2.24, 2.45) is 5.41 Å². The fourth-order valence-electron chi connectivity index (χ4n) is 2.62. The summed E-state index contributed by atoms with van der Waals surface area (Å²) in [5.41, 5.74) is -4.14. The van der Waals surface area contributed by atoms with Gasteiger partial charge in [0.1, 0.15) is 12.2 Å². The van der Waals surface area contributed by atoms with Crippen LogP contribution in [0.1, 0.15) is 60.8 Å². The standard InChI is InChI=1S/C19H35NO10S/c1-7-11-28-17(24)29-14(8-2)15(18(4,5)19(6,25)16(22)23)30-31(26,27)12-9-10-20-13(3)21/h14-15,25H,7-12H2,1-6H3,(H,20,21)(H,22,23)/t14?,15?,19-/m0/s1. The zero-order chi connectivity index (χ0) is 24.5. The van der Waals surface area contributed by atoms with E-state index >= 15 is 0 Å². The van der Waals surface area contributed by atoms with Crippen molar-refractivity contribution in [3.63, 3.8) is 0 Å². The van der Waals surface area contributed by atoms with Crippen molar-refractivity contribution in [1.82, 2.24) is 5.32 Å². The molecule has 0 aromatic heterocycles. The number of aliphatic carboxylic acids is 1. The molecule has 11 nitrogen and oxygen atoms in total. The van der Waals surface area contributed by atoms with E-state index in [1.54, 1.807) is 13.8 Å². The molecule has 3 atom stereocenters. The van der Waals surface area contributed by atoms with Gasteiger partial charge in [0.2, 0.25) is 5.91 Å². The molecule has 31 heavy (non-hydrogen) atoms. The molecule has 0 bridgehead atoms. The van der Waals surface area contributed by atoms with Crippen molar-refractivity contribution < 1.29 is 46.7 Å². The number of amides is 1. The second-order valence-corrected chi connectivity index (χ2v) is 9.59. The van der Waals surface area contributed by atoms with Gasteiger partial charge in [-0.3, -0.25) is 8.98 Å². The summed E-state index contributed by atoms with van der Waals surface area (Å²) in [6, 6.07) is 0. The summed E-state index contributed by atoms with van der Waals surface area (Å²) in [6.07, 6.45) is -3.18. The van der Waals surface area contributed by atoms with E-state index in [9.17, 15) is 33.0 Å². The number of hydrogen-bond acceptors (Lipinski definition) is 9. The number of nitrogens with one attached hydrogen (secondary N) is 1. The second kappa shape index (κ2) is 12.2. The van der Waals surface area contributed by atoms with Crippen LogP contribution in [0.2, 0.25) is 0 Å². The highest BCUT2D eigenvalue weighted by Crippen LogP contribution is 2.40. The van der Waals surface area contributed by atoms with E-state index in [1.807, 2.05) is 0 Å². The van der Waals surface area contributed by atoms with Crippen LogP contribution in [0.3, 0.4) is 0 Å². The van der Waals surface area contributed by atoms with Crippen molar-refractivity contribution in [2.75, 3.05) is 18.9 Å². The fraction of sp³-hybridized carbons (Fsp3) is 0.842. The molecule has 1 amide bonds. The van der Waals surface area contributed by atoms with Gasteiger partial charge in [0.05, 0.1) is 12.4 Å². The molecule has 12 heteroatoms. The van der Waals surface area contributed by atoms with Crippen LogP contribution in [0.4, 0.5) is 4.79 Å². The third-order valence-electron chi connectivity index (χ3n) is 4.99. The Morgan fingerprint density at radius 3 is 2.16 bits per heavy atom. The maximum atomic E-state index is 12.6. The lowest BCUT2D eigenvalue weighted by Crippen LogP contribution is -2.59. The molecule has 2 unspecified atom stereocenters. The van der Waals surface area contributed by atoms with Gasteiger partial charge in [-0.15, -0.1) is 0 Å². The molecule has 0 aliphatic rings. The van der Waals surface area contributed by atoms with Crippen molar-refractivity contribution in [2.45, 2.75) is 78.6 Å². The maximum absolute atomic E-state index is 12.6. The van der Waals surface area contributed by atoms with Crippen molar-refractivity contribution >= 4 is 28.1 Å². The summed E-state index contributed by atoms with van der Waals surface area (Å²) in [5, 5.41) is 22.5. The van der Waals surface area contributed by atoms with Gasteiger partial charge in [-0.1, -0.05) is 27.7 Å². The van der Waals surface area contributed by atoms with Gasteiger partial charge < -0.3 is 25.0 Å². The Hall–Kier alpha value is -1.92. The van der Waals surface area contributed by atoms with E-state index in [0.717, 1.165) is 6.92 Å². The monoisotopic (exact) mass is 469 g/mol. The first-order valence-corrected chi connectivity index (χ1v) is 11.6. The predicted molar refractivity (Wildman–Crippen MR) is 111 cm³/mol. The first-order valence-electron chi connectivity index (χ1n) is 10.1. The van der Waals surface area contributed by atoms with E-state index < -0.39 is 51.2 Å². The van der Waals surface area contributed by atoms with Gasteiger partial charge in [0.25, 0.3) is 10.1 Å². The minimum Gasteiger partial charge on any atom is -0.479 e. The van der Waals surface area contributed by atoms with Gasteiger partial charge in [0.15, 0.2) is 5.60 Å². The zero-order valence-electron chi connectivity index (χ0n) is 19.0. The van der Waals surface area contributed by atoms with Gasteiger partial charge in [0, 0.05) is 18.9 Å². The first-order chi connectivity index (χ1) is 14.1. The molecule has 0 rings (SSSR count). The van der Waals surface area contributed by atoms with E-state index in [0.29, 0.717) is 6.42 Å². The average Bonchev–Trinajstić information content (AvgIpc) is 2.65. The molecular formula is C19H35NO10S. The fourth-order valence-corrected chi connectivity index (χ4v) is 3.90. The van der Waals surface area contributed by atoms with E-state index in [-0.39, 0.29) is 31.9 Å². The Balaban J connectivity index is 5.83. The Bertz CT molecular complexity index is 717. The Morgan fingerprint density at radius 2 is 1.71 bits per heavy atom. The number of carbonyl (C=O) groups is 3. The van der Waals surface area contributed by atoms with Gasteiger partial charge in [-0.2, -0.15) is 8.42 Å². The van der Waals surface area contributed by atoms with Crippen LogP contribution in [0.15, 0.2) is 0 Å². The van der Waals surface area contributed by atoms with E-state index in [4.69, 9.17) is 13.7 Å². The van der Waals surface area contributed by atoms with Crippen LogP contribution in [0.5, 0.6) is 0 Å². The number of carboxylic acid groups (broad SMARTS) is 1. The Kier molecular flexibility index (Phi) is 11.4. The molecule has 0 aromatic rings. The predicted octanol–water partition coefficient (Wildman–Crippen LogP) is 1.43. The van der Waals surface area contributed by atoms with Gasteiger partial charge >= 0.3 is 12.1 Å². The lowest BCUT2D eigenvalue weighted by Gasteiger charge is -2.44. The van der Waals surface area contributed by atoms with Crippen molar-refractivity contribution in [3.8, 4) is 0 Å². The van der Waals surface area contributed by atoms with Crippen molar-refractivity contribution in [1.29, 1.82) is 0 Å². The van der Waals surface area contributed by atoms with E-state index in [2.05, 4.69) is 5.32 Å². The number of carbonyl (C=O) groups excluding carboxylic acids is 2. The molecule has 3 N–H and O–H groups in total. The average molecular weight is 470 g/mol. The number of hydrogen-bond donors (Lipinski definition) is 3. The minimum atomic E-state index is -4.24. The molecule has 0 fully saturated rings. The Labute approximate surface area is 183 Å². The van der Waals surface area contributed by atoms with Crippen LogP contribution in [-0.4, -0.2) is 73.4 Å². The molecule has 0 aliphatic heterocycles. The highest BCUT2D eigenvalue weighted by atomic mass is 32.2. The molecule has 0 heterocycles. The molecule has 182 valence electrons. The second-order valence-electron chi connectivity index (χ2n) is 7.88. The summed E-state index contributed by atoms with van der Waals surface area (Å²) in [4.78, 5) is 34.5. The number of ether oxygens (including phenoxy) is 2. The quantitative estimate of drug-likeness (QED) is 0.192. The number of rotatable bonds is 14. The van der Waals surface area contributed by atoms with Crippen LogP contribution in [0.25, 0.3) is 0 Å². The SMILES string of the molecule is CCCOC(=O)OC(CC)C(OS(=O)(=O)CCCNC(C)=O)C(C)(C)[C@@](C)(O)C(=O)O. The summed E-state index contributed by atoms with van der Waals surface area (Å²) >= 11 is 0. The summed E-state index contributed by atoms with van der Waals surface area (Å²) in [5.74, 6) is -2.40. The van der Waals surface area contributed by atoms with Crippen LogP contribution in [0, 0.1) is 5.41 Å². The molecule has 0 saturated heterocycles. The maximum Gasteiger partial charge on any atom is 0.508 e. The topological polar surface area (TPSA) is 166 Å². The lowest BCUT2D eigenvalue weighted by atomic mass is 9.70. The lowest BCUT2D eigenvalue weighted by molar-refractivity contribution is -0.185. The van der Waals surface area contributed by atoms with Crippen molar-refractivity contribution in [3.05, 3.63) is 0 Å². The molecule has 0 radical (unpaired) electrons. The molecule has 0 saturated carbocycles. The highest BCUT2D eigenvalue weighted by molar-refractivity contribution is 7.86. The number of carboxylic acids is 1. The molecule has 0 aliphatic carbocycles. The molecule has 0 aromatic carbocycles. The third kappa shape index (κ3) is 8.99. The summed E-state index contributed by atoms with van der Waals surface area (Å²) in [6.45, 7) is 8.45. The molecular weight excluding hydrogens is 434 g/mol. The van der Waals surface area contributed by atoms with Gasteiger partial charge in [-0.25, -0.2) is 9.59 Å².